The van der Waals surface area contributed by atoms with Crippen LogP contribution in [0.1, 0.15) is 26.3 Å². The van der Waals surface area contributed by atoms with Gasteiger partial charge in [-0.15, -0.1) is 0 Å². The minimum absolute atomic E-state index is 1.04. The molecule has 0 atom stereocenters. The molecule has 1 aromatic carbocycles. The molecule has 0 aliphatic heterocycles. The van der Waals surface area contributed by atoms with Crippen LogP contribution in [0.2, 0.25) is 18.1 Å². The van der Waals surface area contributed by atoms with E-state index in [1.165, 1.54) is 23.7 Å². The highest BCUT2D eigenvalue weighted by molar-refractivity contribution is 8.31. The van der Waals surface area contributed by atoms with Crippen molar-refractivity contribution in [3.05, 3.63) is 41.3 Å². The van der Waals surface area contributed by atoms with E-state index in [1.807, 2.05) is 0 Å². The monoisotopic (exact) mass is 250 g/mol. The maximum absolute atomic E-state index is 2.35. The molecule has 0 spiro atoms. The Hall–Kier alpha value is -0.473. The zero-order valence-corrected chi connectivity index (χ0v) is 12.4. The highest BCUT2D eigenvalue weighted by atomic mass is 32.4. The van der Waals surface area contributed by atoms with Gasteiger partial charge in [-0.2, -0.15) is 11.2 Å². The first-order valence-electron chi connectivity index (χ1n) is 6.15. The van der Waals surface area contributed by atoms with Gasteiger partial charge in [-0.1, -0.05) is 69.2 Å². The Kier molecular flexibility index (Phi) is 5.92. The second-order valence-electron chi connectivity index (χ2n) is 4.07. The van der Waals surface area contributed by atoms with Crippen molar-refractivity contribution in [3.63, 3.8) is 0 Å². The Morgan fingerprint density at radius 1 is 1.00 bits per heavy atom. The van der Waals surface area contributed by atoms with Gasteiger partial charge in [0, 0.05) is 0 Å². The van der Waals surface area contributed by atoms with Crippen LogP contribution < -0.4 is 0 Å². The van der Waals surface area contributed by atoms with Crippen LogP contribution in [0.5, 0.6) is 0 Å². The van der Waals surface area contributed by atoms with Crippen LogP contribution in [0.3, 0.4) is 0 Å². The molecule has 2 heteroatoms. The lowest BCUT2D eigenvalue weighted by Gasteiger charge is -2.25. The summed E-state index contributed by atoms with van der Waals surface area (Å²) >= 11 is 2.12. The first-order valence-corrected chi connectivity index (χ1v) is 10.4. The molecule has 0 amide bonds. The lowest BCUT2D eigenvalue weighted by atomic mass is 10.2. The van der Waals surface area contributed by atoms with Crippen molar-refractivity contribution in [2.75, 3.05) is 0 Å². The number of hydrogen-bond acceptors (Lipinski definition) is 1. The van der Waals surface area contributed by atoms with Crippen molar-refractivity contribution in [1.82, 2.24) is 0 Å². The molecule has 0 aromatic heterocycles. The van der Waals surface area contributed by atoms with Gasteiger partial charge in [-0.05, 0) is 17.0 Å². The first-order chi connectivity index (χ1) is 7.76. The van der Waals surface area contributed by atoms with Gasteiger partial charge in [0.15, 0.2) is 0 Å². The van der Waals surface area contributed by atoms with E-state index in [4.69, 9.17) is 0 Å². The van der Waals surface area contributed by atoms with E-state index in [-0.39, 0.29) is 0 Å². The van der Waals surface area contributed by atoms with Gasteiger partial charge in [0.25, 0.3) is 0 Å². The minimum atomic E-state index is -1.04. The molecule has 0 heterocycles. The fourth-order valence-corrected chi connectivity index (χ4v) is 6.91. The predicted molar refractivity (Wildman–Crippen MR) is 80.3 cm³/mol. The smallest absolute Gasteiger partial charge is 0.122 e. The van der Waals surface area contributed by atoms with E-state index in [0.717, 1.165) is 0 Å². The molecule has 0 saturated carbocycles. The van der Waals surface area contributed by atoms with E-state index < -0.39 is 7.22 Å². The largest absolute Gasteiger partial charge is 0.159 e. The van der Waals surface area contributed by atoms with Gasteiger partial charge in [0.05, 0.1) is 0 Å². The quantitative estimate of drug-likeness (QED) is 0.609. The average Bonchev–Trinajstić information content (AvgIpc) is 2.37. The molecule has 16 heavy (non-hydrogen) atoms. The maximum atomic E-state index is 2.35. The van der Waals surface area contributed by atoms with Crippen molar-refractivity contribution >= 4 is 24.5 Å². The molecule has 88 valence electrons. The number of rotatable bonds is 6. The fourth-order valence-electron chi connectivity index (χ4n) is 1.82. The summed E-state index contributed by atoms with van der Waals surface area (Å²) in [6.45, 7) is 7.05. The van der Waals surface area contributed by atoms with Crippen molar-refractivity contribution in [3.8, 4) is 0 Å². The van der Waals surface area contributed by atoms with E-state index in [9.17, 15) is 0 Å². The third kappa shape index (κ3) is 3.83. The molecule has 0 nitrogen and oxygen atoms in total. The fraction of sp³-hybridized carbons (Fsp3) is 0.429. The number of benzene rings is 1. The summed E-state index contributed by atoms with van der Waals surface area (Å²) in [6, 6.07) is 14.7. The van der Waals surface area contributed by atoms with Crippen LogP contribution in [-0.4, -0.2) is 7.22 Å². The van der Waals surface area contributed by atoms with Crippen LogP contribution in [0.15, 0.2) is 35.7 Å². The Balaban J connectivity index is 2.59. The Morgan fingerprint density at radius 2 is 1.56 bits per heavy atom. The molecule has 0 saturated heterocycles. The van der Waals surface area contributed by atoms with Crippen LogP contribution >= 0.6 is 11.2 Å². The van der Waals surface area contributed by atoms with Crippen LogP contribution in [0.25, 0.3) is 6.08 Å². The standard InChI is InChI=1S/C14H22SSi/c1-4-16(5-2,6-3)15-13-12-14-10-8-7-9-11-14/h7-13H,4-6H2,1-3H3/b13-12+. The third-order valence-corrected chi connectivity index (χ3v) is 12.5. The molecule has 1 rings (SSSR count). The summed E-state index contributed by atoms with van der Waals surface area (Å²) in [7, 11) is -1.04. The summed E-state index contributed by atoms with van der Waals surface area (Å²) in [5, 5.41) is 2.32. The molecule has 0 unspecified atom stereocenters. The molecule has 1 aromatic rings. The lowest BCUT2D eigenvalue weighted by Crippen LogP contribution is -2.25. The van der Waals surface area contributed by atoms with Crippen molar-refractivity contribution in [2.45, 2.75) is 38.9 Å². The van der Waals surface area contributed by atoms with E-state index in [0.29, 0.717) is 0 Å². The first kappa shape index (κ1) is 13.6. The second-order valence-corrected chi connectivity index (χ2v) is 12.4. The van der Waals surface area contributed by atoms with Crippen LogP contribution in [-0.2, 0) is 0 Å². The Bertz CT molecular complexity index is 307. The molecule has 0 radical (unpaired) electrons. The van der Waals surface area contributed by atoms with Gasteiger partial charge in [0.2, 0.25) is 0 Å². The molecule has 0 aliphatic carbocycles. The zero-order valence-electron chi connectivity index (χ0n) is 10.6. The third-order valence-electron chi connectivity index (χ3n) is 3.31. The normalized spacial score (nSPS) is 12.2. The van der Waals surface area contributed by atoms with E-state index >= 15 is 0 Å². The summed E-state index contributed by atoms with van der Waals surface area (Å²) in [5.41, 5.74) is 1.31. The van der Waals surface area contributed by atoms with Gasteiger partial charge in [0.1, 0.15) is 7.22 Å². The van der Waals surface area contributed by atoms with Gasteiger partial charge in [-0.3, -0.25) is 0 Å². The number of hydrogen-bond donors (Lipinski definition) is 0. The van der Waals surface area contributed by atoms with Crippen molar-refractivity contribution in [2.24, 2.45) is 0 Å². The highest BCUT2D eigenvalue weighted by Gasteiger charge is 2.26. The summed E-state index contributed by atoms with van der Waals surface area (Å²) in [4.78, 5) is 0. The van der Waals surface area contributed by atoms with E-state index in [1.54, 1.807) is 0 Å². The predicted octanol–water partition coefficient (Wildman–Crippen LogP) is 5.40. The molecule has 0 bridgehead atoms. The topological polar surface area (TPSA) is 0 Å². The molecule has 0 N–H and O–H groups in total. The highest BCUT2D eigenvalue weighted by Crippen LogP contribution is 2.33. The summed E-state index contributed by atoms with van der Waals surface area (Å²) in [5.74, 6) is 0. The average molecular weight is 250 g/mol. The van der Waals surface area contributed by atoms with Gasteiger partial charge >= 0.3 is 0 Å². The molecular weight excluding hydrogens is 228 g/mol. The molecule has 0 aliphatic rings. The van der Waals surface area contributed by atoms with Crippen molar-refractivity contribution in [1.29, 1.82) is 0 Å². The molecule has 0 fully saturated rings. The zero-order chi connectivity index (χ0) is 11.9. The Labute approximate surface area is 105 Å². The van der Waals surface area contributed by atoms with Gasteiger partial charge < -0.3 is 0 Å². The summed E-state index contributed by atoms with van der Waals surface area (Å²) < 4.78 is 0. The van der Waals surface area contributed by atoms with Gasteiger partial charge in [-0.25, -0.2) is 0 Å². The summed E-state index contributed by atoms with van der Waals surface area (Å²) in [6.07, 6.45) is 2.24. The molecular formula is C14H22SSi. The SMILES string of the molecule is CC[Si](CC)(CC)S/C=C/c1ccccc1. The Morgan fingerprint density at radius 3 is 2.06 bits per heavy atom. The maximum Gasteiger partial charge on any atom is 0.122 e. The lowest BCUT2D eigenvalue weighted by molar-refractivity contribution is 1.22. The second kappa shape index (κ2) is 6.97. The van der Waals surface area contributed by atoms with E-state index in [2.05, 4.69) is 73.8 Å². The van der Waals surface area contributed by atoms with Crippen LogP contribution in [0.4, 0.5) is 0 Å². The van der Waals surface area contributed by atoms with Crippen LogP contribution in [0, 0.1) is 0 Å². The van der Waals surface area contributed by atoms with Crippen molar-refractivity contribution < 1.29 is 0 Å². The minimum Gasteiger partial charge on any atom is -0.159 e.